The summed E-state index contributed by atoms with van der Waals surface area (Å²) in [7, 11) is 2.09. The Kier molecular flexibility index (Phi) is 3.28. The predicted octanol–water partition coefficient (Wildman–Crippen LogP) is 2.79. The summed E-state index contributed by atoms with van der Waals surface area (Å²) in [5.74, 6) is 0.799. The molecular formula is C18H19BN2. The van der Waals surface area contributed by atoms with Crippen LogP contribution in [0.25, 0.3) is 22.3 Å². The molecule has 0 saturated carbocycles. The van der Waals surface area contributed by atoms with Crippen molar-refractivity contribution in [3.05, 3.63) is 52.7 Å². The quantitative estimate of drug-likeness (QED) is 0.638. The normalized spacial score (nSPS) is 11.0. The molecule has 3 aromatic rings. The number of rotatable bonds is 1. The second-order valence-corrected chi connectivity index (χ2v) is 5.82. The number of aromatic nitrogens is 2. The molecule has 3 heteroatoms. The van der Waals surface area contributed by atoms with Crippen molar-refractivity contribution in [1.29, 1.82) is 0 Å². The number of nitrogens with zero attached hydrogens (tertiary/aromatic N) is 2. The van der Waals surface area contributed by atoms with Crippen LogP contribution >= 0.6 is 0 Å². The first kappa shape index (κ1) is 13.8. The van der Waals surface area contributed by atoms with E-state index >= 15 is 0 Å². The minimum Gasteiger partial charge on any atom is -0.236 e. The molecule has 21 heavy (non-hydrogen) atoms. The molecule has 1 heterocycles. The summed E-state index contributed by atoms with van der Waals surface area (Å²) in [5.41, 5.74) is 8.59. The molecule has 0 fully saturated rings. The molecule has 0 N–H and O–H groups in total. The average Bonchev–Trinajstić information content (AvgIpc) is 2.51. The highest BCUT2D eigenvalue weighted by molar-refractivity contribution is 6.32. The summed E-state index contributed by atoms with van der Waals surface area (Å²) in [6, 6.07) is 8.36. The number of benzene rings is 2. The summed E-state index contributed by atoms with van der Waals surface area (Å²) in [5, 5.41) is 1.16. The van der Waals surface area contributed by atoms with Crippen molar-refractivity contribution in [2.45, 2.75) is 27.7 Å². The molecule has 0 aliphatic carbocycles. The third kappa shape index (κ3) is 2.23. The van der Waals surface area contributed by atoms with Crippen LogP contribution in [0.15, 0.2) is 30.5 Å². The Hall–Kier alpha value is -2.16. The Labute approximate surface area is 126 Å². The predicted molar refractivity (Wildman–Crippen MR) is 92.1 cm³/mol. The molecule has 0 aliphatic heterocycles. The summed E-state index contributed by atoms with van der Waals surface area (Å²) in [6.45, 7) is 8.64. The first-order valence-electron chi connectivity index (χ1n) is 7.29. The monoisotopic (exact) mass is 274 g/mol. The third-order valence-corrected chi connectivity index (χ3v) is 4.55. The van der Waals surface area contributed by atoms with Crippen LogP contribution in [-0.2, 0) is 0 Å². The second kappa shape index (κ2) is 4.99. The summed E-state index contributed by atoms with van der Waals surface area (Å²) in [4.78, 5) is 9.39. The van der Waals surface area contributed by atoms with Crippen molar-refractivity contribution in [2.75, 3.05) is 0 Å². The number of hydrogen-bond acceptors (Lipinski definition) is 2. The minimum atomic E-state index is 0.799. The van der Waals surface area contributed by atoms with Crippen LogP contribution < -0.4 is 5.46 Å². The Morgan fingerprint density at radius 1 is 0.810 bits per heavy atom. The molecule has 0 aliphatic rings. The fraction of sp³-hybridized carbons (Fsp3) is 0.222. The lowest BCUT2D eigenvalue weighted by atomic mass is 9.94. The van der Waals surface area contributed by atoms with E-state index in [1.807, 2.05) is 6.20 Å². The van der Waals surface area contributed by atoms with Gasteiger partial charge in [0.15, 0.2) is 5.82 Å². The van der Waals surface area contributed by atoms with Crippen LogP contribution in [0.4, 0.5) is 0 Å². The van der Waals surface area contributed by atoms with Crippen LogP contribution in [0, 0.1) is 27.7 Å². The van der Waals surface area contributed by atoms with Gasteiger partial charge in [-0.05, 0) is 49.9 Å². The van der Waals surface area contributed by atoms with Crippen molar-refractivity contribution < 1.29 is 0 Å². The highest BCUT2D eigenvalue weighted by Gasteiger charge is 2.12. The van der Waals surface area contributed by atoms with Crippen LogP contribution in [0.5, 0.6) is 0 Å². The smallest absolute Gasteiger partial charge is 0.159 e. The van der Waals surface area contributed by atoms with E-state index in [9.17, 15) is 0 Å². The van der Waals surface area contributed by atoms with Crippen LogP contribution in [0.2, 0.25) is 0 Å². The van der Waals surface area contributed by atoms with E-state index in [4.69, 9.17) is 4.98 Å². The van der Waals surface area contributed by atoms with Crippen LogP contribution in [0.1, 0.15) is 22.3 Å². The Balaban J connectivity index is 2.27. The van der Waals surface area contributed by atoms with Gasteiger partial charge in [-0.3, -0.25) is 0 Å². The maximum Gasteiger partial charge on any atom is 0.159 e. The van der Waals surface area contributed by atoms with E-state index in [-0.39, 0.29) is 0 Å². The van der Waals surface area contributed by atoms with Crippen molar-refractivity contribution in [2.24, 2.45) is 0 Å². The lowest BCUT2D eigenvalue weighted by molar-refractivity contribution is 1.18. The van der Waals surface area contributed by atoms with Crippen molar-refractivity contribution >= 4 is 24.2 Å². The van der Waals surface area contributed by atoms with Crippen LogP contribution in [0.3, 0.4) is 0 Å². The molecule has 1 aromatic heterocycles. The van der Waals surface area contributed by atoms with Gasteiger partial charge in [0.1, 0.15) is 7.85 Å². The van der Waals surface area contributed by atoms with Gasteiger partial charge in [-0.1, -0.05) is 29.7 Å². The van der Waals surface area contributed by atoms with Gasteiger partial charge in [-0.15, -0.1) is 0 Å². The van der Waals surface area contributed by atoms with E-state index in [1.165, 1.54) is 27.7 Å². The molecular weight excluding hydrogens is 255 g/mol. The zero-order valence-electron chi connectivity index (χ0n) is 13.3. The summed E-state index contributed by atoms with van der Waals surface area (Å²) in [6.07, 6.45) is 1.96. The molecule has 0 spiro atoms. The van der Waals surface area contributed by atoms with Crippen molar-refractivity contribution in [1.82, 2.24) is 9.97 Å². The van der Waals surface area contributed by atoms with Crippen molar-refractivity contribution in [3.8, 4) is 11.4 Å². The molecule has 0 radical (unpaired) electrons. The van der Waals surface area contributed by atoms with Gasteiger partial charge in [0.25, 0.3) is 0 Å². The standard InChI is InChI=1S/C18H19BN2/c1-10-11(2)13(4)17-16(12(10)3)9-20-18(21-17)14-5-7-15(19)8-6-14/h5-9H,19H2,1-4H3. The fourth-order valence-corrected chi connectivity index (χ4v) is 2.73. The summed E-state index contributed by atoms with van der Waals surface area (Å²) >= 11 is 0. The Morgan fingerprint density at radius 2 is 1.43 bits per heavy atom. The van der Waals surface area contributed by atoms with Gasteiger partial charge in [0.2, 0.25) is 0 Å². The number of fused-ring (bicyclic) bond motifs is 1. The molecule has 3 rings (SSSR count). The van der Waals surface area contributed by atoms with Crippen LogP contribution in [-0.4, -0.2) is 17.8 Å². The molecule has 0 atom stereocenters. The molecule has 0 bridgehead atoms. The first-order valence-corrected chi connectivity index (χ1v) is 7.29. The van der Waals surface area contributed by atoms with E-state index in [1.54, 1.807) is 0 Å². The van der Waals surface area contributed by atoms with E-state index in [0.717, 1.165) is 22.3 Å². The van der Waals surface area contributed by atoms with E-state index in [2.05, 4.69) is 64.8 Å². The number of aryl methyl sites for hydroxylation is 2. The van der Waals surface area contributed by atoms with Crippen molar-refractivity contribution in [3.63, 3.8) is 0 Å². The Morgan fingerprint density at radius 3 is 2.10 bits per heavy atom. The maximum atomic E-state index is 4.83. The molecule has 0 unspecified atom stereocenters. The molecule has 0 amide bonds. The molecule has 104 valence electrons. The Bertz CT molecular complexity index is 836. The third-order valence-electron chi connectivity index (χ3n) is 4.55. The fourth-order valence-electron chi connectivity index (χ4n) is 2.73. The highest BCUT2D eigenvalue weighted by atomic mass is 14.9. The summed E-state index contributed by atoms with van der Waals surface area (Å²) < 4.78 is 0. The second-order valence-electron chi connectivity index (χ2n) is 5.82. The number of hydrogen-bond donors (Lipinski definition) is 0. The molecule has 2 aromatic carbocycles. The lowest BCUT2D eigenvalue weighted by Crippen LogP contribution is -2.01. The largest absolute Gasteiger partial charge is 0.236 e. The maximum absolute atomic E-state index is 4.83. The van der Waals surface area contributed by atoms with Gasteiger partial charge in [-0.25, -0.2) is 9.97 Å². The average molecular weight is 274 g/mol. The molecule has 2 nitrogen and oxygen atoms in total. The zero-order valence-corrected chi connectivity index (χ0v) is 13.3. The zero-order chi connectivity index (χ0) is 15.1. The first-order chi connectivity index (χ1) is 9.99. The SMILES string of the molecule is Bc1ccc(-c2ncc3c(C)c(C)c(C)c(C)c3n2)cc1. The molecule has 0 saturated heterocycles. The van der Waals surface area contributed by atoms with E-state index < -0.39 is 0 Å². The lowest BCUT2D eigenvalue weighted by Gasteiger charge is -2.13. The van der Waals surface area contributed by atoms with Gasteiger partial charge in [0, 0.05) is 17.1 Å². The topological polar surface area (TPSA) is 25.8 Å². The highest BCUT2D eigenvalue weighted by Crippen LogP contribution is 2.28. The van der Waals surface area contributed by atoms with Gasteiger partial charge < -0.3 is 0 Å². The van der Waals surface area contributed by atoms with Gasteiger partial charge >= 0.3 is 0 Å². The van der Waals surface area contributed by atoms with Gasteiger partial charge in [0.05, 0.1) is 5.52 Å². The van der Waals surface area contributed by atoms with Gasteiger partial charge in [-0.2, -0.15) is 0 Å². The van der Waals surface area contributed by atoms with E-state index in [0.29, 0.717) is 0 Å². The minimum absolute atomic E-state index is 0.799.